The third kappa shape index (κ3) is 3.68. The van der Waals surface area contributed by atoms with Gasteiger partial charge in [-0.25, -0.2) is 0 Å². The fourth-order valence-electron chi connectivity index (χ4n) is 9.58. The number of esters is 1. The summed E-state index contributed by atoms with van der Waals surface area (Å²) < 4.78 is 4.88. The number of aliphatic hydroxyl groups excluding tert-OH is 2. The highest BCUT2D eigenvalue weighted by atomic mass is 16.5. The van der Waals surface area contributed by atoms with E-state index in [9.17, 15) is 15.0 Å². The molecule has 0 saturated heterocycles. The maximum atomic E-state index is 11.8. The molecule has 178 valence electrons. The van der Waals surface area contributed by atoms with E-state index in [1.807, 2.05) is 0 Å². The molecule has 0 aliphatic heterocycles. The van der Waals surface area contributed by atoms with Gasteiger partial charge in [0.15, 0.2) is 0 Å². The van der Waals surface area contributed by atoms with Gasteiger partial charge in [0.25, 0.3) is 0 Å². The van der Waals surface area contributed by atoms with Gasteiger partial charge < -0.3 is 14.9 Å². The number of hydrogen-bond donors (Lipinski definition) is 2. The summed E-state index contributed by atoms with van der Waals surface area (Å²) >= 11 is 0. The van der Waals surface area contributed by atoms with E-state index in [2.05, 4.69) is 27.7 Å². The Labute approximate surface area is 189 Å². The molecule has 0 aromatic rings. The molecule has 11 atom stereocenters. The topological polar surface area (TPSA) is 66.8 Å². The van der Waals surface area contributed by atoms with Crippen molar-refractivity contribution in [3.05, 3.63) is 0 Å². The highest BCUT2D eigenvalue weighted by molar-refractivity contribution is 5.69. The first-order valence-corrected chi connectivity index (χ1v) is 13.1. The van der Waals surface area contributed by atoms with Gasteiger partial charge in [0.1, 0.15) is 0 Å². The van der Waals surface area contributed by atoms with Crippen LogP contribution < -0.4 is 0 Å². The van der Waals surface area contributed by atoms with E-state index in [-0.39, 0.29) is 29.0 Å². The molecule has 4 saturated carbocycles. The summed E-state index contributed by atoms with van der Waals surface area (Å²) in [7, 11) is 1.48. The Morgan fingerprint density at radius 3 is 2.39 bits per heavy atom. The summed E-state index contributed by atoms with van der Waals surface area (Å²) in [5.74, 6) is 3.41. The van der Waals surface area contributed by atoms with Crippen molar-refractivity contribution < 1.29 is 19.7 Å². The lowest BCUT2D eigenvalue weighted by atomic mass is 9.41. The van der Waals surface area contributed by atoms with Crippen molar-refractivity contribution in [1.82, 2.24) is 0 Å². The number of rotatable bonds is 5. The number of hydrogen-bond acceptors (Lipinski definition) is 4. The average Bonchev–Trinajstić information content (AvgIpc) is 3.10. The Kier molecular flexibility index (Phi) is 6.55. The number of ether oxygens (including phenoxy) is 1. The second kappa shape index (κ2) is 8.63. The highest BCUT2D eigenvalue weighted by Gasteiger charge is 2.64. The van der Waals surface area contributed by atoms with Crippen molar-refractivity contribution in [3.63, 3.8) is 0 Å². The Morgan fingerprint density at radius 1 is 1.03 bits per heavy atom. The third-order valence-electron chi connectivity index (χ3n) is 11.2. The van der Waals surface area contributed by atoms with Crippen LogP contribution in [0.3, 0.4) is 0 Å². The lowest BCUT2D eigenvalue weighted by molar-refractivity contribution is -0.203. The highest BCUT2D eigenvalue weighted by Crippen LogP contribution is 2.69. The normalized spacial score (nSPS) is 50.2. The summed E-state index contributed by atoms with van der Waals surface area (Å²) in [5, 5.41) is 22.2. The minimum atomic E-state index is -0.230. The van der Waals surface area contributed by atoms with Crippen LogP contribution in [0.4, 0.5) is 0 Å². The molecule has 0 radical (unpaired) electrons. The SMILES string of the molecule is CC[C@@H]1C2C[C@H](O)CC[C@]2(C)C2CC[C@@]3(C)C(CCC3[C@H](C)CCC(=O)OC)C2[C@@H]1O. The molecule has 4 nitrogen and oxygen atoms in total. The van der Waals surface area contributed by atoms with Crippen LogP contribution in [0.25, 0.3) is 0 Å². The van der Waals surface area contributed by atoms with Crippen LogP contribution >= 0.6 is 0 Å². The van der Waals surface area contributed by atoms with E-state index < -0.39 is 0 Å². The monoisotopic (exact) mass is 434 g/mol. The Hall–Kier alpha value is -0.610. The molecule has 2 N–H and O–H groups in total. The first-order valence-electron chi connectivity index (χ1n) is 13.1. The summed E-state index contributed by atoms with van der Waals surface area (Å²) in [6.45, 7) is 9.58. The van der Waals surface area contributed by atoms with Crippen molar-refractivity contribution in [2.75, 3.05) is 7.11 Å². The molecule has 0 aromatic heterocycles. The predicted molar refractivity (Wildman–Crippen MR) is 122 cm³/mol. The van der Waals surface area contributed by atoms with Gasteiger partial charge in [0.2, 0.25) is 0 Å². The summed E-state index contributed by atoms with van der Waals surface area (Å²) in [6.07, 6.45) is 9.87. The van der Waals surface area contributed by atoms with Crippen molar-refractivity contribution in [1.29, 1.82) is 0 Å². The first-order chi connectivity index (χ1) is 14.7. The van der Waals surface area contributed by atoms with Gasteiger partial charge in [0, 0.05) is 6.42 Å². The molecule has 4 heteroatoms. The molecule has 0 spiro atoms. The van der Waals surface area contributed by atoms with Gasteiger partial charge in [-0.2, -0.15) is 0 Å². The van der Waals surface area contributed by atoms with Crippen molar-refractivity contribution in [3.8, 4) is 0 Å². The standard InChI is InChI=1S/C27H46O4/c1-6-18-22-15-17(28)11-13-27(22,4)21-12-14-26(3)19(16(2)7-10-23(29)31-5)8-9-20(26)24(21)25(18)30/h16-22,24-25,28,30H,6-15H2,1-5H3/t16-,17-,18-,19?,20?,21?,22?,24?,25-,26-,27-/m1/s1. The van der Waals surface area contributed by atoms with E-state index in [0.29, 0.717) is 47.8 Å². The molecule has 4 aliphatic rings. The minimum absolute atomic E-state index is 0.0952. The minimum Gasteiger partial charge on any atom is -0.469 e. The lowest BCUT2D eigenvalue weighted by Gasteiger charge is -2.64. The number of fused-ring (bicyclic) bond motifs is 5. The second-order valence-electron chi connectivity index (χ2n) is 12.2. The fraction of sp³-hybridized carbons (Fsp3) is 0.963. The summed E-state index contributed by atoms with van der Waals surface area (Å²) in [4.78, 5) is 11.7. The third-order valence-corrected chi connectivity index (χ3v) is 11.2. The van der Waals surface area contributed by atoms with Gasteiger partial charge in [-0.3, -0.25) is 4.79 Å². The molecule has 4 rings (SSSR count). The zero-order valence-corrected chi connectivity index (χ0v) is 20.5. The van der Waals surface area contributed by atoms with Crippen LogP contribution in [-0.2, 0) is 9.53 Å². The summed E-state index contributed by atoms with van der Waals surface area (Å²) in [6, 6.07) is 0. The molecule has 0 aromatic carbocycles. The van der Waals surface area contributed by atoms with E-state index in [1.165, 1.54) is 32.8 Å². The van der Waals surface area contributed by atoms with E-state index in [1.54, 1.807) is 0 Å². The molecular weight excluding hydrogens is 388 g/mol. The molecule has 4 fully saturated rings. The van der Waals surface area contributed by atoms with E-state index in [4.69, 9.17) is 4.74 Å². The van der Waals surface area contributed by atoms with Crippen LogP contribution in [0.5, 0.6) is 0 Å². The Bertz CT molecular complexity index is 664. The van der Waals surface area contributed by atoms with Gasteiger partial charge in [0.05, 0.1) is 19.3 Å². The Balaban J connectivity index is 1.58. The van der Waals surface area contributed by atoms with Crippen molar-refractivity contribution in [2.45, 2.75) is 104 Å². The molecule has 0 heterocycles. The molecule has 5 unspecified atom stereocenters. The Morgan fingerprint density at radius 2 is 1.71 bits per heavy atom. The quantitative estimate of drug-likeness (QED) is 0.584. The zero-order valence-electron chi connectivity index (χ0n) is 20.5. The van der Waals surface area contributed by atoms with Crippen LogP contribution in [0.15, 0.2) is 0 Å². The maximum absolute atomic E-state index is 11.8. The van der Waals surface area contributed by atoms with Gasteiger partial charge in [-0.05, 0) is 104 Å². The largest absolute Gasteiger partial charge is 0.469 e. The molecule has 0 amide bonds. The average molecular weight is 435 g/mol. The fourth-order valence-corrected chi connectivity index (χ4v) is 9.58. The molecule has 31 heavy (non-hydrogen) atoms. The second-order valence-corrected chi connectivity index (χ2v) is 12.2. The molecule has 0 bridgehead atoms. The zero-order chi connectivity index (χ0) is 22.6. The number of methoxy groups -OCH3 is 1. The summed E-state index contributed by atoms with van der Waals surface area (Å²) in [5.41, 5.74) is 0.535. The smallest absolute Gasteiger partial charge is 0.305 e. The van der Waals surface area contributed by atoms with Crippen molar-refractivity contribution >= 4 is 5.97 Å². The van der Waals surface area contributed by atoms with Crippen LogP contribution in [0.1, 0.15) is 91.9 Å². The van der Waals surface area contributed by atoms with Gasteiger partial charge in [-0.15, -0.1) is 0 Å². The predicted octanol–water partition coefficient (Wildman–Crippen LogP) is 5.20. The first kappa shape index (κ1) is 23.5. The molecular formula is C27H46O4. The maximum Gasteiger partial charge on any atom is 0.305 e. The number of carbonyl (C=O) groups excluding carboxylic acids is 1. The van der Waals surface area contributed by atoms with E-state index >= 15 is 0 Å². The van der Waals surface area contributed by atoms with E-state index in [0.717, 1.165) is 32.1 Å². The number of aliphatic hydroxyl groups is 2. The number of carbonyl (C=O) groups is 1. The molecule has 4 aliphatic carbocycles. The van der Waals surface area contributed by atoms with Gasteiger partial charge >= 0.3 is 5.97 Å². The lowest BCUT2D eigenvalue weighted by Crippen LogP contribution is -2.62. The van der Waals surface area contributed by atoms with Crippen LogP contribution in [0.2, 0.25) is 0 Å². The van der Waals surface area contributed by atoms with Crippen LogP contribution in [-0.4, -0.2) is 35.5 Å². The van der Waals surface area contributed by atoms with Gasteiger partial charge in [-0.1, -0.05) is 34.1 Å². The van der Waals surface area contributed by atoms with Crippen LogP contribution in [0, 0.1) is 52.3 Å². The van der Waals surface area contributed by atoms with Crippen molar-refractivity contribution in [2.24, 2.45) is 52.3 Å².